The first-order valence-electron chi connectivity index (χ1n) is 26.3. The number of likely N-dealkylation sites (N-methyl/N-ethyl adjacent to an activating group) is 1. The zero-order chi connectivity index (χ0) is 54.3. The number of anilines is 4. The van der Waals surface area contributed by atoms with Gasteiger partial charge in [0.2, 0.25) is 23.5 Å². The summed E-state index contributed by atoms with van der Waals surface area (Å²) in [5.41, 5.74) is 2.17. The van der Waals surface area contributed by atoms with E-state index >= 15 is 0 Å². The second-order valence-corrected chi connectivity index (χ2v) is 21.5. The number of hydrogen-bond acceptors (Lipinski definition) is 18. The second-order valence-electron chi connectivity index (χ2n) is 19.2. The number of ketones is 1. The van der Waals surface area contributed by atoms with E-state index < -0.39 is 12.1 Å². The maximum atomic E-state index is 14.2. The van der Waals surface area contributed by atoms with E-state index in [-0.39, 0.29) is 61.2 Å². The van der Waals surface area contributed by atoms with Crippen LogP contribution in [-0.2, 0) is 28.6 Å². The van der Waals surface area contributed by atoms with Gasteiger partial charge in [-0.05, 0) is 83.2 Å². The number of aryl methyl sites for hydroxylation is 2. The van der Waals surface area contributed by atoms with Crippen molar-refractivity contribution in [3.63, 3.8) is 0 Å². The number of carbonyl (C=O) groups is 5. The van der Waals surface area contributed by atoms with E-state index in [1.165, 1.54) is 28.9 Å². The maximum Gasteiger partial charge on any atom is 0.267 e. The third kappa shape index (κ3) is 15.5. The van der Waals surface area contributed by atoms with E-state index in [1.54, 1.807) is 61.5 Å². The van der Waals surface area contributed by atoms with Crippen LogP contribution in [0.15, 0.2) is 60.1 Å². The molecule has 5 aromatic rings. The molecule has 3 fully saturated rings. The van der Waals surface area contributed by atoms with E-state index in [0.29, 0.717) is 114 Å². The molecule has 77 heavy (non-hydrogen) atoms. The molecule has 3 aliphatic rings. The number of halogens is 1. The highest BCUT2D eigenvalue weighted by Gasteiger charge is 2.40. The summed E-state index contributed by atoms with van der Waals surface area (Å²) >= 11 is 8.87. The number of likely N-dealkylation sites (tertiary alicyclic amines) is 1. The summed E-state index contributed by atoms with van der Waals surface area (Å²) in [7, 11) is 1.73. The molecule has 412 valence electrons. The normalized spacial score (nSPS) is 16.7. The first-order chi connectivity index (χ1) is 37.3. The molecule has 0 spiro atoms. The van der Waals surface area contributed by atoms with Crippen molar-refractivity contribution in [1.82, 2.24) is 40.4 Å². The minimum atomic E-state index is -0.591. The molecule has 1 aliphatic carbocycles. The summed E-state index contributed by atoms with van der Waals surface area (Å²) in [6.45, 7) is 9.97. The minimum Gasteiger partial charge on any atom is -0.491 e. The summed E-state index contributed by atoms with van der Waals surface area (Å²) in [5, 5.41) is 15.6. The van der Waals surface area contributed by atoms with Crippen molar-refractivity contribution in [3.8, 4) is 5.75 Å². The van der Waals surface area contributed by atoms with Gasteiger partial charge in [0, 0.05) is 49.7 Å². The summed E-state index contributed by atoms with van der Waals surface area (Å²) in [4.78, 5) is 91.2. The predicted octanol–water partition coefficient (Wildman–Crippen LogP) is 7.00. The Morgan fingerprint density at radius 3 is 2.32 bits per heavy atom. The van der Waals surface area contributed by atoms with Crippen LogP contribution < -0.4 is 30.9 Å². The number of para-hydroxylation sites is 1. The molecule has 8 rings (SSSR count). The number of piperazine rings is 1. The lowest BCUT2D eigenvalue weighted by Gasteiger charge is -2.35. The van der Waals surface area contributed by atoms with Crippen LogP contribution in [0.3, 0.4) is 0 Å². The monoisotopic (exact) mass is 1110 g/mol. The standard InChI is InChI=1S/C54H68ClN11O9S2/c1-34-11-8-16-40(55)47(34)62-51(70)43-31-57-54(77-43)61-44-30-45(59-36(3)58-44)64-19-21-65(22-20-64)46(67)32-74-26-25-72-23-24-73-27-28-75-39-15-9-14-38(29-39)49(68)41-33-76-52(60-41)42-17-10-18-66(42)53(71)48(37-12-6-5-7-13-37)63-50(69)35(2)56-4/h8-9,11,14-16,29-31,33,35,37,42,48,56H,5-7,10,12-13,17-28,32H2,1-4H3,(H,62,70)(H,63,69)(H,57,58,59,61)/t35-,42-,48-/m0/s1. The summed E-state index contributed by atoms with van der Waals surface area (Å²) in [6.07, 6.45) is 8.11. The zero-order valence-electron chi connectivity index (χ0n) is 44.0. The van der Waals surface area contributed by atoms with Crippen LogP contribution >= 0.6 is 34.3 Å². The van der Waals surface area contributed by atoms with Gasteiger partial charge in [-0.1, -0.05) is 66.5 Å². The Balaban J connectivity index is 0.686. The highest BCUT2D eigenvalue weighted by molar-refractivity contribution is 7.17. The number of nitrogens with one attached hydrogen (secondary N) is 4. The molecular weight excluding hydrogens is 1050 g/mol. The molecule has 2 saturated heterocycles. The lowest BCUT2D eigenvalue weighted by atomic mass is 9.83. The van der Waals surface area contributed by atoms with Crippen molar-refractivity contribution in [3.05, 3.63) is 97.7 Å². The van der Waals surface area contributed by atoms with Gasteiger partial charge < -0.3 is 54.9 Å². The average molecular weight is 1110 g/mol. The van der Waals surface area contributed by atoms with Crippen molar-refractivity contribution in [1.29, 1.82) is 0 Å². The van der Waals surface area contributed by atoms with Crippen LogP contribution in [0.4, 0.5) is 22.5 Å². The lowest BCUT2D eigenvalue weighted by Crippen LogP contribution is -2.55. The molecule has 23 heteroatoms. The fraction of sp³-hybridized carbons (Fsp3) is 0.500. The van der Waals surface area contributed by atoms with Crippen LogP contribution in [0.2, 0.25) is 5.02 Å². The fourth-order valence-corrected chi connectivity index (χ4v) is 11.5. The Hall–Kier alpha value is -6.14. The molecule has 20 nitrogen and oxygen atoms in total. The van der Waals surface area contributed by atoms with Gasteiger partial charge in [-0.25, -0.2) is 19.9 Å². The van der Waals surface area contributed by atoms with Crippen LogP contribution in [0, 0.1) is 19.8 Å². The Morgan fingerprint density at radius 2 is 1.57 bits per heavy atom. The lowest BCUT2D eigenvalue weighted by molar-refractivity contribution is -0.139. The molecule has 1 saturated carbocycles. The third-order valence-corrected chi connectivity index (χ3v) is 16.0. The van der Waals surface area contributed by atoms with Crippen molar-refractivity contribution in [2.75, 3.05) is 102 Å². The molecule has 0 bridgehead atoms. The second kappa shape index (κ2) is 28.0. The summed E-state index contributed by atoms with van der Waals surface area (Å²) in [6, 6.07) is 13.0. The van der Waals surface area contributed by atoms with E-state index in [1.807, 2.05) is 30.0 Å². The third-order valence-electron chi connectivity index (χ3n) is 13.9. The molecule has 5 heterocycles. The van der Waals surface area contributed by atoms with Crippen LogP contribution in [0.25, 0.3) is 0 Å². The van der Waals surface area contributed by atoms with Gasteiger partial charge in [0.05, 0.1) is 62.0 Å². The number of ether oxygens (including phenoxy) is 4. The Morgan fingerprint density at radius 1 is 0.831 bits per heavy atom. The topological polar surface area (TPSA) is 232 Å². The Bertz CT molecular complexity index is 2800. The van der Waals surface area contributed by atoms with Crippen molar-refractivity contribution < 1.29 is 42.9 Å². The average Bonchev–Trinajstić information content (AvgIpc) is 4.26. The van der Waals surface area contributed by atoms with E-state index in [9.17, 15) is 24.0 Å². The zero-order valence-corrected chi connectivity index (χ0v) is 46.4. The first-order valence-corrected chi connectivity index (χ1v) is 28.3. The summed E-state index contributed by atoms with van der Waals surface area (Å²) < 4.78 is 22.9. The van der Waals surface area contributed by atoms with E-state index in [0.717, 1.165) is 55.5 Å². The molecule has 4 amide bonds. The predicted molar refractivity (Wildman–Crippen MR) is 296 cm³/mol. The molecule has 2 aliphatic heterocycles. The van der Waals surface area contributed by atoms with Crippen LogP contribution in [0.5, 0.6) is 5.75 Å². The quantitative estimate of drug-likeness (QED) is 0.0340. The van der Waals surface area contributed by atoms with Gasteiger partial charge in [-0.15, -0.1) is 11.3 Å². The first kappa shape index (κ1) is 57.0. The van der Waals surface area contributed by atoms with Crippen LogP contribution in [0.1, 0.15) is 100 Å². The number of amides is 4. The van der Waals surface area contributed by atoms with Crippen molar-refractivity contribution >= 4 is 86.1 Å². The minimum absolute atomic E-state index is 0.0520. The Labute approximate surface area is 462 Å². The van der Waals surface area contributed by atoms with Gasteiger partial charge in [0.15, 0.2) is 5.13 Å². The molecule has 0 unspecified atom stereocenters. The molecule has 4 N–H and O–H groups in total. The van der Waals surface area contributed by atoms with Crippen LogP contribution in [-0.4, -0.2) is 157 Å². The number of nitrogens with zero attached hydrogens (tertiary/aromatic N) is 7. The SMILES string of the molecule is CN[C@@H](C)C(=O)N[C@H](C(=O)N1CCC[C@H]1c1nc(C(=O)c2cccc(OCCOCCOCCOCC(=O)N3CCN(c4cc(Nc5ncc(C(=O)Nc6c(C)cccc6Cl)s5)nc(C)n4)CC3)c2)cs1)C1CCCCC1. The van der Waals surface area contributed by atoms with Gasteiger partial charge in [-0.2, -0.15) is 0 Å². The van der Waals surface area contributed by atoms with Gasteiger partial charge in [-0.3, -0.25) is 24.0 Å². The highest BCUT2D eigenvalue weighted by atomic mass is 35.5. The largest absolute Gasteiger partial charge is 0.491 e. The van der Waals surface area contributed by atoms with Gasteiger partial charge in [0.1, 0.15) is 58.0 Å². The van der Waals surface area contributed by atoms with Crippen molar-refractivity contribution in [2.45, 2.75) is 83.8 Å². The number of aromatic nitrogens is 4. The molecule has 2 aromatic carbocycles. The van der Waals surface area contributed by atoms with E-state index in [4.69, 9.17) is 35.5 Å². The summed E-state index contributed by atoms with van der Waals surface area (Å²) in [5.74, 6) is 1.53. The highest BCUT2D eigenvalue weighted by Crippen LogP contribution is 2.37. The van der Waals surface area contributed by atoms with Gasteiger partial charge in [0.25, 0.3) is 5.91 Å². The fourth-order valence-electron chi connectivity index (χ4n) is 9.53. The number of rotatable bonds is 25. The Kier molecular flexibility index (Phi) is 20.7. The number of carbonyl (C=O) groups excluding carboxylic acids is 5. The molecule has 0 radical (unpaired) electrons. The maximum absolute atomic E-state index is 14.2. The van der Waals surface area contributed by atoms with Crippen molar-refractivity contribution in [2.24, 2.45) is 5.92 Å². The molecule has 3 atom stereocenters. The number of thiazole rings is 2. The van der Waals surface area contributed by atoms with Gasteiger partial charge >= 0.3 is 0 Å². The number of benzene rings is 2. The molecular formula is C54H68ClN11O9S2. The molecule has 3 aromatic heterocycles. The number of hydrogen-bond donors (Lipinski definition) is 4. The van der Waals surface area contributed by atoms with E-state index in [2.05, 4.69) is 41.1 Å². The smallest absolute Gasteiger partial charge is 0.267 e.